The van der Waals surface area contributed by atoms with Gasteiger partial charge in [-0.05, 0) is 31.0 Å². The fourth-order valence-corrected chi connectivity index (χ4v) is 2.20. The molecule has 0 aliphatic carbocycles. The van der Waals surface area contributed by atoms with Crippen LogP contribution in [-0.2, 0) is 20.1 Å². The number of nitrogens with zero attached hydrogens (tertiary/aromatic N) is 4. The molecule has 0 fully saturated rings. The fourth-order valence-electron chi connectivity index (χ4n) is 2.20. The Labute approximate surface area is 136 Å². The number of carbonyl (C=O) groups is 1. The number of carbonyl (C=O) groups excluding carboxylic acids is 1. The molecule has 1 heterocycles. The summed E-state index contributed by atoms with van der Waals surface area (Å²) in [7, 11) is 3.53. The van der Waals surface area contributed by atoms with Gasteiger partial charge in [-0.2, -0.15) is 5.10 Å². The minimum atomic E-state index is -0.153. The monoisotopic (exact) mass is 317 g/mol. The predicted molar refractivity (Wildman–Crippen MR) is 87.1 cm³/mol. The molecule has 0 saturated carbocycles. The molecule has 124 valence electrons. The number of benzene rings is 1. The van der Waals surface area contributed by atoms with E-state index in [2.05, 4.69) is 15.4 Å². The second-order valence-electron chi connectivity index (χ2n) is 5.35. The lowest BCUT2D eigenvalue weighted by molar-refractivity contribution is 0.204. The topological polar surface area (TPSA) is 72.3 Å². The number of rotatable bonds is 6. The highest BCUT2D eigenvalue weighted by atomic mass is 16.5. The first kappa shape index (κ1) is 16.8. The third kappa shape index (κ3) is 4.45. The van der Waals surface area contributed by atoms with Crippen LogP contribution in [0.1, 0.15) is 23.9 Å². The van der Waals surface area contributed by atoms with E-state index in [4.69, 9.17) is 4.74 Å². The van der Waals surface area contributed by atoms with Crippen LogP contribution in [0.2, 0.25) is 0 Å². The van der Waals surface area contributed by atoms with E-state index >= 15 is 0 Å². The molecule has 2 aromatic rings. The van der Waals surface area contributed by atoms with E-state index in [1.54, 1.807) is 23.7 Å². The average molecular weight is 317 g/mol. The zero-order valence-corrected chi connectivity index (χ0v) is 14.0. The van der Waals surface area contributed by atoms with Crippen molar-refractivity contribution < 1.29 is 9.53 Å². The molecule has 23 heavy (non-hydrogen) atoms. The van der Waals surface area contributed by atoms with Gasteiger partial charge in [0.05, 0.1) is 13.2 Å². The minimum Gasteiger partial charge on any atom is -0.494 e. The maximum atomic E-state index is 12.1. The average Bonchev–Trinajstić information content (AvgIpc) is 2.92. The lowest BCUT2D eigenvalue weighted by Crippen LogP contribution is -2.37. The van der Waals surface area contributed by atoms with Crippen LogP contribution in [0.3, 0.4) is 0 Å². The van der Waals surface area contributed by atoms with Crippen molar-refractivity contribution in [2.24, 2.45) is 7.05 Å². The van der Waals surface area contributed by atoms with Gasteiger partial charge in [-0.1, -0.05) is 12.1 Å². The van der Waals surface area contributed by atoms with Gasteiger partial charge in [0.15, 0.2) is 0 Å². The Morgan fingerprint density at radius 3 is 2.83 bits per heavy atom. The van der Waals surface area contributed by atoms with Crippen molar-refractivity contribution in [3.05, 3.63) is 41.5 Å². The number of hydrogen-bond donors (Lipinski definition) is 1. The molecule has 0 spiro atoms. The van der Waals surface area contributed by atoms with Crippen LogP contribution in [0, 0.1) is 6.92 Å². The number of aryl methyl sites for hydroxylation is 2. The van der Waals surface area contributed by atoms with Crippen LogP contribution >= 0.6 is 0 Å². The molecular weight excluding hydrogens is 294 g/mol. The highest BCUT2D eigenvalue weighted by Gasteiger charge is 2.11. The van der Waals surface area contributed by atoms with Crippen molar-refractivity contribution in [2.75, 3.05) is 13.7 Å². The summed E-state index contributed by atoms with van der Waals surface area (Å²) >= 11 is 0. The molecule has 0 aliphatic heterocycles. The predicted octanol–water partition coefficient (Wildman–Crippen LogP) is 1.86. The lowest BCUT2D eigenvalue weighted by atomic mass is 10.1. The van der Waals surface area contributed by atoms with Gasteiger partial charge in [0, 0.05) is 20.6 Å². The fraction of sp³-hybridized carbons (Fsp3) is 0.438. The van der Waals surface area contributed by atoms with E-state index < -0.39 is 0 Å². The largest absolute Gasteiger partial charge is 0.494 e. The first-order valence-corrected chi connectivity index (χ1v) is 7.55. The molecule has 0 aliphatic rings. The third-order valence-electron chi connectivity index (χ3n) is 3.51. The van der Waals surface area contributed by atoms with Crippen molar-refractivity contribution in [1.82, 2.24) is 25.0 Å². The summed E-state index contributed by atoms with van der Waals surface area (Å²) in [5, 5.41) is 6.89. The van der Waals surface area contributed by atoms with Gasteiger partial charge in [-0.15, -0.1) is 0 Å². The zero-order valence-electron chi connectivity index (χ0n) is 14.0. The Morgan fingerprint density at radius 1 is 1.43 bits per heavy atom. The van der Waals surface area contributed by atoms with Gasteiger partial charge in [0.25, 0.3) is 0 Å². The van der Waals surface area contributed by atoms with Crippen molar-refractivity contribution in [2.45, 2.75) is 26.9 Å². The number of ether oxygens (including phenoxy) is 1. The van der Waals surface area contributed by atoms with E-state index in [9.17, 15) is 4.79 Å². The van der Waals surface area contributed by atoms with Crippen LogP contribution in [-0.4, -0.2) is 39.4 Å². The quantitative estimate of drug-likeness (QED) is 0.883. The maximum Gasteiger partial charge on any atom is 0.317 e. The van der Waals surface area contributed by atoms with Gasteiger partial charge < -0.3 is 15.0 Å². The first-order chi connectivity index (χ1) is 11.0. The van der Waals surface area contributed by atoms with Crippen LogP contribution < -0.4 is 10.1 Å². The molecule has 2 rings (SSSR count). The minimum absolute atomic E-state index is 0.153. The van der Waals surface area contributed by atoms with E-state index in [1.807, 2.05) is 32.0 Å². The Balaban J connectivity index is 1.88. The molecule has 1 aromatic carbocycles. The number of amides is 2. The van der Waals surface area contributed by atoms with Crippen molar-refractivity contribution in [3.8, 4) is 5.75 Å². The van der Waals surface area contributed by atoms with Gasteiger partial charge >= 0.3 is 6.03 Å². The van der Waals surface area contributed by atoms with E-state index in [-0.39, 0.29) is 6.03 Å². The summed E-state index contributed by atoms with van der Waals surface area (Å²) in [5.41, 5.74) is 2.09. The summed E-state index contributed by atoms with van der Waals surface area (Å²) in [5.74, 6) is 1.61. The molecule has 0 bridgehead atoms. The second kappa shape index (κ2) is 7.62. The maximum absolute atomic E-state index is 12.1. The van der Waals surface area contributed by atoms with E-state index in [0.717, 1.165) is 22.7 Å². The van der Waals surface area contributed by atoms with Crippen LogP contribution in [0.25, 0.3) is 0 Å². The SMILES string of the molecule is CCOc1ccc(CNC(=O)N(C)Cc2ncnn2C)cc1C. The highest BCUT2D eigenvalue weighted by Crippen LogP contribution is 2.19. The second-order valence-corrected chi connectivity index (χ2v) is 5.35. The smallest absolute Gasteiger partial charge is 0.317 e. The van der Waals surface area contributed by atoms with Crippen LogP contribution in [0.15, 0.2) is 24.5 Å². The van der Waals surface area contributed by atoms with Gasteiger partial charge in [-0.3, -0.25) is 4.68 Å². The Bertz CT molecular complexity index is 668. The number of aromatic nitrogens is 3. The molecule has 1 aromatic heterocycles. The van der Waals surface area contributed by atoms with Crippen molar-refractivity contribution >= 4 is 6.03 Å². The molecule has 0 saturated heterocycles. The Morgan fingerprint density at radius 2 is 2.22 bits per heavy atom. The molecule has 7 heteroatoms. The molecule has 7 nitrogen and oxygen atoms in total. The molecule has 0 radical (unpaired) electrons. The normalized spacial score (nSPS) is 10.4. The Hall–Kier alpha value is -2.57. The number of hydrogen-bond acceptors (Lipinski definition) is 4. The lowest BCUT2D eigenvalue weighted by Gasteiger charge is -2.17. The molecule has 0 atom stereocenters. The molecule has 2 amide bonds. The summed E-state index contributed by atoms with van der Waals surface area (Å²) in [4.78, 5) is 17.8. The van der Waals surface area contributed by atoms with Crippen molar-refractivity contribution in [3.63, 3.8) is 0 Å². The third-order valence-corrected chi connectivity index (χ3v) is 3.51. The van der Waals surface area contributed by atoms with Crippen molar-refractivity contribution in [1.29, 1.82) is 0 Å². The zero-order chi connectivity index (χ0) is 16.8. The summed E-state index contributed by atoms with van der Waals surface area (Å²) in [6.07, 6.45) is 1.48. The van der Waals surface area contributed by atoms with Gasteiger partial charge in [0.2, 0.25) is 0 Å². The van der Waals surface area contributed by atoms with E-state index in [1.165, 1.54) is 6.33 Å². The Kier molecular flexibility index (Phi) is 5.56. The summed E-state index contributed by atoms with van der Waals surface area (Å²) in [6, 6.07) is 5.76. The highest BCUT2D eigenvalue weighted by molar-refractivity contribution is 5.73. The van der Waals surface area contributed by atoms with Gasteiger partial charge in [-0.25, -0.2) is 9.78 Å². The molecule has 1 N–H and O–H groups in total. The summed E-state index contributed by atoms with van der Waals surface area (Å²) < 4.78 is 7.17. The number of nitrogens with one attached hydrogen (secondary N) is 1. The standard InChI is InChI=1S/C16H23N5O2/c1-5-23-14-7-6-13(8-12(14)2)9-17-16(22)20(3)10-15-18-11-19-21(15)4/h6-8,11H,5,9-10H2,1-4H3,(H,17,22). The van der Waals surface area contributed by atoms with Gasteiger partial charge in [0.1, 0.15) is 17.9 Å². The van der Waals surface area contributed by atoms with Crippen LogP contribution in [0.5, 0.6) is 5.75 Å². The number of urea groups is 1. The summed E-state index contributed by atoms with van der Waals surface area (Å²) in [6.45, 7) is 5.47. The molecule has 0 unspecified atom stereocenters. The first-order valence-electron chi connectivity index (χ1n) is 7.55. The van der Waals surface area contributed by atoms with Crippen LogP contribution in [0.4, 0.5) is 4.79 Å². The van der Waals surface area contributed by atoms with E-state index in [0.29, 0.717) is 19.7 Å². The molecular formula is C16H23N5O2.